The van der Waals surface area contributed by atoms with E-state index >= 15 is 0 Å². The van der Waals surface area contributed by atoms with Crippen molar-refractivity contribution in [3.05, 3.63) is 12.7 Å². The Balaban J connectivity index is 1.48. The van der Waals surface area contributed by atoms with E-state index in [1.165, 1.54) is 36.8 Å². The third kappa shape index (κ3) is 4.22. The molecule has 3 fully saturated rings. The standard InChI is InChI=1S/C18H26N2O4S2/c1-2-6-19-17(23)20-15(21)11-24-16(22)12-9-13-4-3-5-14(10-12)18(13)25-7-8-26-18/h2,12-14H,1,3-11H2,(H2,19,20,21,23)/t12?,13-,14+. The maximum atomic E-state index is 12.5. The average Bonchev–Trinajstić information content (AvgIpc) is 3.07. The Morgan fingerprint density at radius 1 is 1.15 bits per heavy atom. The quantitative estimate of drug-likeness (QED) is 0.547. The summed E-state index contributed by atoms with van der Waals surface area (Å²) in [6.07, 6.45) is 6.85. The monoisotopic (exact) mass is 398 g/mol. The summed E-state index contributed by atoms with van der Waals surface area (Å²) < 4.78 is 5.52. The van der Waals surface area contributed by atoms with E-state index in [0.717, 1.165) is 12.8 Å². The minimum Gasteiger partial charge on any atom is -0.455 e. The van der Waals surface area contributed by atoms with Crippen molar-refractivity contribution in [2.45, 2.75) is 36.2 Å². The predicted octanol–water partition coefficient (Wildman–Crippen LogP) is 2.54. The Labute approximate surface area is 162 Å². The van der Waals surface area contributed by atoms with Gasteiger partial charge in [-0.25, -0.2) is 4.79 Å². The highest BCUT2D eigenvalue weighted by atomic mass is 32.2. The van der Waals surface area contributed by atoms with Gasteiger partial charge in [0.05, 0.1) is 10.00 Å². The van der Waals surface area contributed by atoms with Crippen LogP contribution in [-0.4, -0.2) is 46.6 Å². The molecule has 0 aromatic carbocycles. The Bertz CT molecular complexity index is 562. The zero-order chi connectivity index (χ0) is 18.6. The van der Waals surface area contributed by atoms with Crippen molar-refractivity contribution in [1.29, 1.82) is 0 Å². The van der Waals surface area contributed by atoms with Crippen LogP contribution in [0.2, 0.25) is 0 Å². The largest absolute Gasteiger partial charge is 0.455 e. The molecule has 1 spiro atoms. The molecular weight excluding hydrogens is 372 g/mol. The third-order valence-electron chi connectivity index (χ3n) is 5.46. The first kappa shape index (κ1) is 19.6. The molecule has 2 N–H and O–H groups in total. The zero-order valence-electron chi connectivity index (χ0n) is 14.8. The minimum absolute atomic E-state index is 0.125. The summed E-state index contributed by atoms with van der Waals surface area (Å²) in [4.78, 5) is 35.6. The van der Waals surface area contributed by atoms with Crippen LogP contribution in [0.4, 0.5) is 4.79 Å². The highest BCUT2D eigenvalue weighted by molar-refractivity contribution is 8.21. The first-order chi connectivity index (χ1) is 12.5. The summed E-state index contributed by atoms with van der Waals surface area (Å²) in [6, 6.07) is -0.615. The first-order valence-electron chi connectivity index (χ1n) is 9.18. The lowest BCUT2D eigenvalue weighted by Crippen LogP contribution is -2.48. The lowest BCUT2D eigenvalue weighted by Gasteiger charge is -2.51. The molecule has 2 bridgehead atoms. The molecule has 3 amide bonds. The molecule has 2 saturated carbocycles. The number of imide groups is 1. The first-order valence-corrected chi connectivity index (χ1v) is 11.2. The van der Waals surface area contributed by atoms with Gasteiger partial charge >= 0.3 is 12.0 Å². The van der Waals surface area contributed by atoms with E-state index in [2.05, 4.69) is 40.7 Å². The minimum atomic E-state index is -0.616. The molecule has 3 atom stereocenters. The van der Waals surface area contributed by atoms with Crippen LogP contribution < -0.4 is 10.6 Å². The molecule has 144 valence electrons. The molecule has 1 saturated heterocycles. The summed E-state index contributed by atoms with van der Waals surface area (Å²) in [6.45, 7) is 3.32. The molecule has 3 rings (SSSR count). The van der Waals surface area contributed by atoms with Gasteiger partial charge in [-0.05, 0) is 37.5 Å². The highest BCUT2D eigenvalue weighted by Gasteiger charge is 2.55. The van der Waals surface area contributed by atoms with Gasteiger partial charge in [-0.3, -0.25) is 14.9 Å². The molecule has 2 aliphatic carbocycles. The average molecular weight is 399 g/mol. The van der Waals surface area contributed by atoms with Gasteiger partial charge in [0, 0.05) is 18.1 Å². The Morgan fingerprint density at radius 2 is 1.81 bits per heavy atom. The van der Waals surface area contributed by atoms with Crippen molar-refractivity contribution < 1.29 is 19.1 Å². The summed E-state index contributed by atoms with van der Waals surface area (Å²) in [7, 11) is 0. The maximum Gasteiger partial charge on any atom is 0.321 e. The lowest BCUT2D eigenvalue weighted by atomic mass is 9.67. The Kier molecular flexibility index (Phi) is 6.55. The van der Waals surface area contributed by atoms with Crippen molar-refractivity contribution in [1.82, 2.24) is 10.6 Å². The van der Waals surface area contributed by atoms with Crippen LogP contribution in [-0.2, 0) is 14.3 Å². The predicted molar refractivity (Wildman–Crippen MR) is 104 cm³/mol. The van der Waals surface area contributed by atoms with Crippen LogP contribution in [0, 0.1) is 17.8 Å². The van der Waals surface area contributed by atoms with E-state index in [1.54, 1.807) is 0 Å². The topological polar surface area (TPSA) is 84.5 Å². The number of urea groups is 1. The van der Waals surface area contributed by atoms with Gasteiger partial charge in [-0.15, -0.1) is 30.1 Å². The fourth-order valence-corrected chi connectivity index (χ4v) is 8.37. The number of rotatable bonds is 5. The molecule has 3 aliphatic rings. The number of carbonyl (C=O) groups is 3. The smallest absolute Gasteiger partial charge is 0.321 e. The third-order valence-corrected chi connectivity index (χ3v) is 9.48. The summed E-state index contributed by atoms with van der Waals surface area (Å²) in [5.74, 6) is 2.50. The molecule has 1 heterocycles. The van der Waals surface area contributed by atoms with Crippen molar-refractivity contribution in [2.75, 3.05) is 24.7 Å². The van der Waals surface area contributed by atoms with Crippen LogP contribution in [0.1, 0.15) is 32.1 Å². The maximum absolute atomic E-state index is 12.5. The van der Waals surface area contributed by atoms with E-state index in [1.807, 2.05) is 0 Å². The number of hydrogen-bond acceptors (Lipinski definition) is 6. The fourth-order valence-electron chi connectivity index (χ4n) is 4.43. The van der Waals surface area contributed by atoms with Crippen LogP contribution in [0.15, 0.2) is 12.7 Å². The van der Waals surface area contributed by atoms with Crippen LogP contribution in [0.3, 0.4) is 0 Å². The second kappa shape index (κ2) is 8.69. The number of esters is 1. The molecule has 8 heteroatoms. The van der Waals surface area contributed by atoms with E-state index in [-0.39, 0.29) is 18.4 Å². The summed E-state index contributed by atoms with van der Waals surface area (Å²) in [5.41, 5.74) is 0. The highest BCUT2D eigenvalue weighted by Crippen LogP contribution is 2.64. The van der Waals surface area contributed by atoms with Crippen molar-refractivity contribution >= 4 is 41.4 Å². The molecule has 0 aromatic heterocycles. The second-order valence-electron chi connectivity index (χ2n) is 7.07. The number of hydrogen-bond donors (Lipinski definition) is 2. The molecule has 26 heavy (non-hydrogen) atoms. The van der Waals surface area contributed by atoms with Crippen LogP contribution in [0.5, 0.6) is 0 Å². The molecule has 1 aliphatic heterocycles. The van der Waals surface area contributed by atoms with Gasteiger partial charge in [0.2, 0.25) is 0 Å². The van der Waals surface area contributed by atoms with Gasteiger partial charge in [0.1, 0.15) is 0 Å². The van der Waals surface area contributed by atoms with Gasteiger partial charge in [0.25, 0.3) is 5.91 Å². The van der Waals surface area contributed by atoms with Gasteiger partial charge in [-0.1, -0.05) is 12.5 Å². The van der Waals surface area contributed by atoms with E-state index in [9.17, 15) is 14.4 Å². The Morgan fingerprint density at radius 3 is 2.42 bits per heavy atom. The van der Waals surface area contributed by atoms with E-state index in [4.69, 9.17) is 4.74 Å². The summed E-state index contributed by atoms with van der Waals surface area (Å²) in [5, 5.41) is 4.57. The molecule has 0 aromatic rings. The number of ether oxygens (including phenoxy) is 1. The lowest BCUT2D eigenvalue weighted by molar-refractivity contribution is -0.155. The van der Waals surface area contributed by atoms with Gasteiger partial charge in [-0.2, -0.15) is 0 Å². The molecule has 1 unspecified atom stereocenters. The zero-order valence-corrected chi connectivity index (χ0v) is 16.5. The van der Waals surface area contributed by atoms with E-state index in [0.29, 0.717) is 15.9 Å². The van der Waals surface area contributed by atoms with Gasteiger partial charge < -0.3 is 10.1 Å². The van der Waals surface area contributed by atoms with Gasteiger partial charge in [0.15, 0.2) is 6.61 Å². The normalized spacial score (nSPS) is 29.0. The van der Waals surface area contributed by atoms with Crippen LogP contribution >= 0.6 is 23.5 Å². The van der Waals surface area contributed by atoms with E-state index < -0.39 is 18.5 Å². The summed E-state index contributed by atoms with van der Waals surface area (Å²) >= 11 is 4.20. The number of carbonyl (C=O) groups excluding carboxylic acids is 3. The number of thioether (sulfide) groups is 2. The van der Waals surface area contributed by atoms with Crippen molar-refractivity contribution in [2.24, 2.45) is 17.8 Å². The van der Waals surface area contributed by atoms with Crippen LogP contribution in [0.25, 0.3) is 0 Å². The van der Waals surface area contributed by atoms with Crippen molar-refractivity contribution in [3.63, 3.8) is 0 Å². The molecule has 0 radical (unpaired) electrons. The van der Waals surface area contributed by atoms with Crippen molar-refractivity contribution in [3.8, 4) is 0 Å². The number of amides is 3. The molecule has 6 nitrogen and oxygen atoms in total. The Hall–Kier alpha value is -1.15. The number of nitrogens with one attached hydrogen (secondary N) is 2. The second-order valence-corrected chi connectivity index (χ2v) is 10.1. The fraction of sp³-hybridized carbons (Fsp3) is 0.722. The molecular formula is C18H26N2O4S2. The SMILES string of the molecule is C=CCNC(=O)NC(=O)COC(=O)C1C[C@H]2CCC[C@@H](C1)C21SCCS1.